The number of rotatable bonds is 10. The number of nitrogens with zero attached hydrogens (tertiary/aromatic N) is 1. The Morgan fingerprint density at radius 1 is 1.12 bits per heavy atom. The minimum atomic E-state index is -3.78. The van der Waals surface area contributed by atoms with Gasteiger partial charge in [-0.25, -0.2) is 8.42 Å². The van der Waals surface area contributed by atoms with Gasteiger partial charge in [0.25, 0.3) is 5.91 Å². The summed E-state index contributed by atoms with van der Waals surface area (Å²) in [4.78, 5) is 13.1. The first kappa shape index (κ1) is 24.2. The lowest BCUT2D eigenvalue weighted by atomic mass is 10.1. The highest BCUT2D eigenvalue weighted by molar-refractivity contribution is 7.97. The zero-order chi connectivity index (χ0) is 23.3. The third-order valence-corrected chi connectivity index (χ3v) is 7.67. The number of anilines is 1. The fraction of sp³-hybridized carbons (Fsp3) is 0.348. The first-order chi connectivity index (χ1) is 15.4. The topological polar surface area (TPSA) is 88.8 Å². The van der Waals surface area contributed by atoms with Gasteiger partial charge in [0.2, 0.25) is 10.0 Å². The Morgan fingerprint density at radius 3 is 2.50 bits per heavy atom. The maximum Gasteiger partial charge on any atom is 0.291 e. The van der Waals surface area contributed by atoms with E-state index in [4.69, 9.17) is 9.15 Å². The first-order valence-electron chi connectivity index (χ1n) is 10.4. The van der Waals surface area contributed by atoms with Crippen molar-refractivity contribution in [2.45, 2.75) is 31.4 Å². The van der Waals surface area contributed by atoms with E-state index in [-0.39, 0.29) is 16.4 Å². The predicted octanol–water partition coefficient (Wildman–Crippen LogP) is 4.98. The van der Waals surface area contributed by atoms with Crippen molar-refractivity contribution in [2.75, 3.05) is 31.3 Å². The average molecular weight is 477 g/mol. The van der Waals surface area contributed by atoms with Gasteiger partial charge in [-0.3, -0.25) is 4.79 Å². The zero-order valence-electron chi connectivity index (χ0n) is 18.7. The van der Waals surface area contributed by atoms with Gasteiger partial charge in [0.15, 0.2) is 5.76 Å². The quantitative estimate of drug-likeness (QED) is 0.444. The van der Waals surface area contributed by atoms with Gasteiger partial charge < -0.3 is 14.5 Å². The van der Waals surface area contributed by atoms with Gasteiger partial charge in [-0.2, -0.15) is 16.1 Å². The Bertz CT molecular complexity index is 1200. The molecule has 1 heterocycles. The summed E-state index contributed by atoms with van der Waals surface area (Å²) in [6.07, 6.45) is 1.96. The smallest absolute Gasteiger partial charge is 0.291 e. The Labute approximate surface area is 193 Å². The Morgan fingerprint density at radius 2 is 1.84 bits per heavy atom. The molecule has 1 aromatic heterocycles. The van der Waals surface area contributed by atoms with Crippen molar-refractivity contribution in [2.24, 2.45) is 0 Å². The van der Waals surface area contributed by atoms with Gasteiger partial charge in [0.1, 0.15) is 16.2 Å². The summed E-state index contributed by atoms with van der Waals surface area (Å²) in [5.41, 5.74) is 1.80. The average Bonchev–Trinajstić information content (AvgIpc) is 3.14. The van der Waals surface area contributed by atoms with Gasteiger partial charge in [0, 0.05) is 35.5 Å². The molecule has 0 bridgehead atoms. The lowest BCUT2D eigenvalue weighted by molar-refractivity contribution is 0.0997. The maximum absolute atomic E-state index is 13.2. The molecular weight excluding hydrogens is 448 g/mol. The van der Waals surface area contributed by atoms with Crippen LogP contribution in [0.3, 0.4) is 0 Å². The van der Waals surface area contributed by atoms with Crippen molar-refractivity contribution in [1.82, 2.24) is 4.31 Å². The zero-order valence-corrected chi connectivity index (χ0v) is 20.3. The number of fused-ring (bicyclic) bond motifs is 1. The molecule has 0 aliphatic carbocycles. The molecule has 2 aromatic carbocycles. The van der Waals surface area contributed by atoms with Gasteiger partial charge in [0.05, 0.1) is 6.61 Å². The van der Waals surface area contributed by atoms with Crippen LogP contribution in [0.4, 0.5) is 5.69 Å². The summed E-state index contributed by atoms with van der Waals surface area (Å²) < 4.78 is 39.1. The van der Waals surface area contributed by atoms with Crippen LogP contribution in [-0.2, 0) is 15.8 Å². The minimum absolute atomic E-state index is 0.0230. The molecule has 0 aliphatic rings. The molecule has 0 atom stereocenters. The summed E-state index contributed by atoms with van der Waals surface area (Å²) in [5.74, 6) is 0.664. The van der Waals surface area contributed by atoms with Crippen molar-refractivity contribution < 1.29 is 22.4 Å². The van der Waals surface area contributed by atoms with Crippen LogP contribution in [-0.4, -0.2) is 44.6 Å². The van der Waals surface area contributed by atoms with Crippen molar-refractivity contribution >= 4 is 44.3 Å². The van der Waals surface area contributed by atoms with E-state index in [1.165, 1.54) is 10.4 Å². The van der Waals surface area contributed by atoms with E-state index in [1.807, 2.05) is 30.5 Å². The van der Waals surface area contributed by atoms with Gasteiger partial charge >= 0.3 is 0 Å². The van der Waals surface area contributed by atoms with E-state index in [9.17, 15) is 13.2 Å². The number of sulfonamides is 1. The molecule has 1 N–H and O–H groups in total. The van der Waals surface area contributed by atoms with Crippen LogP contribution in [0.5, 0.6) is 5.75 Å². The number of hydrogen-bond donors (Lipinski definition) is 1. The third kappa shape index (κ3) is 4.79. The van der Waals surface area contributed by atoms with Crippen LogP contribution in [0, 0.1) is 0 Å². The van der Waals surface area contributed by atoms with E-state index < -0.39 is 15.9 Å². The van der Waals surface area contributed by atoms with Crippen LogP contribution in [0.25, 0.3) is 11.0 Å². The Balaban J connectivity index is 2.00. The monoisotopic (exact) mass is 476 g/mol. The van der Waals surface area contributed by atoms with E-state index in [0.717, 1.165) is 10.9 Å². The maximum atomic E-state index is 13.2. The summed E-state index contributed by atoms with van der Waals surface area (Å²) in [5, 5.41) is 3.69. The number of para-hydroxylation sites is 1. The molecule has 32 heavy (non-hydrogen) atoms. The van der Waals surface area contributed by atoms with Gasteiger partial charge in [-0.15, -0.1) is 0 Å². The van der Waals surface area contributed by atoms with Crippen molar-refractivity contribution in [1.29, 1.82) is 0 Å². The molecular formula is C23H28N2O5S2. The van der Waals surface area contributed by atoms with Crippen LogP contribution in [0.1, 0.15) is 36.9 Å². The molecule has 0 saturated heterocycles. The molecule has 0 aliphatic heterocycles. The Kier molecular flexibility index (Phi) is 7.86. The number of carbonyl (C=O) groups is 1. The van der Waals surface area contributed by atoms with Crippen LogP contribution < -0.4 is 10.1 Å². The van der Waals surface area contributed by atoms with Crippen molar-refractivity contribution in [3.63, 3.8) is 0 Å². The highest BCUT2D eigenvalue weighted by Crippen LogP contribution is 2.32. The number of furan rings is 1. The molecule has 3 rings (SSSR count). The summed E-state index contributed by atoms with van der Waals surface area (Å²) in [6, 6.07) is 12.1. The number of benzene rings is 2. The second-order valence-electron chi connectivity index (χ2n) is 6.98. The summed E-state index contributed by atoms with van der Waals surface area (Å²) in [6.45, 7) is 6.33. The second kappa shape index (κ2) is 10.4. The SMILES string of the molecule is CCOc1ccc(NC(=O)c2oc3ccccc3c2CSC)cc1S(=O)(=O)N(CC)CC. The standard InChI is InChI=1S/C23H28N2O5S2/c1-5-25(6-2)32(27,28)21-14-16(12-13-20(21)29-7-3)24-23(26)22-18(15-31-4)17-10-8-9-11-19(17)30-22/h8-14H,5-7,15H2,1-4H3,(H,24,26). The Hall–Kier alpha value is -2.49. The van der Waals surface area contributed by atoms with E-state index in [1.54, 1.807) is 44.7 Å². The molecule has 0 fully saturated rings. The molecule has 1 amide bonds. The first-order valence-corrected chi connectivity index (χ1v) is 13.3. The number of ether oxygens (including phenoxy) is 1. The van der Waals surface area contributed by atoms with Gasteiger partial charge in [-0.05, 0) is 37.4 Å². The van der Waals surface area contributed by atoms with Crippen molar-refractivity contribution in [3.05, 3.63) is 53.8 Å². The third-order valence-electron chi connectivity index (χ3n) is 5.02. The normalized spacial score (nSPS) is 11.8. The molecule has 172 valence electrons. The summed E-state index contributed by atoms with van der Waals surface area (Å²) >= 11 is 1.59. The largest absolute Gasteiger partial charge is 0.492 e. The fourth-order valence-corrected chi connectivity index (χ4v) is 5.71. The number of amides is 1. The second-order valence-corrected chi connectivity index (χ2v) is 9.75. The lowest BCUT2D eigenvalue weighted by Gasteiger charge is -2.21. The molecule has 0 saturated carbocycles. The number of nitrogens with one attached hydrogen (secondary N) is 1. The molecule has 0 unspecified atom stereocenters. The van der Waals surface area contributed by atoms with E-state index >= 15 is 0 Å². The summed E-state index contributed by atoms with van der Waals surface area (Å²) in [7, 11) is -3.78. The molecule has 7 nitrogen and oxygen atoms in total. The number of thioether (sulfide) groups is 1. The molecule has 0 radical (unpaired) electrons. The molecule has 9 heteroatoms. The van der Waals surface area contributed by atoms with Crippen molar-refractivity contribution in [3.8, 4) is 5.75 Å². The molecule has 3 aromatic rings. The van der Waals surface area contributed by atoms with Gasteiger partial charge in [-0.1, -0.05) is 32.0 Å². The highest BCUT2D eigenvalue weighted by atomic mass is 32.2. The van der Waals surface area contributed by atoms with Crippen LogP contribution >= 0.6 is 11.8 Å². The minimum Gasteiger partial charge on any atom is -0.492 e. The van der Waals surface area contributed by atoms with Crippen LogP contribution in [0.2, 0.25) is 0 Å². The number of carbonyl (C=O) groups excluding carboxylic acids is 1. The molecule has 0 spiro atoms. The highest BCUT2D eigenvalue weighted by Gasteiger charge is 2.27. The van der Waals surface area contributed by atoms with E-state index in [0.29, 0.717) is 36.7 Å². The predicted molar refractivity (Wildman–Crippen MR) is 129 cm³/mol. The van der Waals surface area contributed by atoms with Crippen LogP contribution in [0.15, 0.2) is 51.8 Å². The lowest BCUT2D eigenvalue weighted by Crippen LogP contribution is -2.31. The fourth-order valence-electron chi connectivity index (χ4n) is 3.52. The number of hydrogen-bond acceptors (Lipinski definition) is 6. The van der Waals surface area contributed by atoms with E-state index in [2.05, 4.69) is 5.32 Å².